The van der Waals surface area contributed by atoms with Crippen molar-refractivity contribution in [2.45, 2.75) is 6.04 Å². The molecule has 1 unspecified atom stereocenters. The zero-order chi connectivity index (χ0) is 18.0. The van der Waals surface area contributed by atoms with E-state index < -0.39 is 30.4 Å². The maximum Gasteiger partial charge on any atom is 0.325 e. The number of amides is 4. The molecule has 128 valence electrons. The summed E-state index contributed by atoms with van der Waals surface area (Å²) < 4.78 is 0. The fourth-order valence-corrected chi connectivity index (χ4v) is 2.76. The van der Waals surface area contributed by atoms with Gasteiger partial charge in [0.05, 0.1) is 10.0 Å². The Hall–Kier alpha value is -2.57. The number of anilines is 1. The van der Waals surface area contributed by atoms with E-state index in [2.05, 4.69) is 10.6 Å². The lowest BCUT2D eigenvalue weighted by Crippen LogP contribution is -2.38. The summed E-state index contributed by atoms with van der Waals surface area (Å²) in [4.78, 5) is 37.5. The Bertz CT molecular complexity index is 842. The summed E-state index contributed by atoms with van der Waals surface area (Å²) in [7, 11) is 0. The molecule has 4 amide bonds. The van der Waals surface area contributed by atoms with Crippen LogP contribution in [0.15, 0.2) is 48.5 Å². The Morgan fingerprint density at radius 1 is 1.08 bits per heavy atom. The van der Waals surface area contributed by atoms with E-state index >= 15 is 0 Å². The molecule has 6 nitrogen and oxygen atoms in total. The van der Waals surface area contributed by atoms with Gasteiger partial charge in [-0.25, -0.2) is 4.79 Å². The third-order valence-electron chi connectivity index (χ3n) is 3.66. The van der Waals surface area contributed by atoms with Crippen LogP contribution < -0.4 is 10.6 Å². The molecule has 8 heteroatoms. The minimum atomic E-state index is -0.786. The van der Waals surface area contributed by atoms with Gasteiger partial charge in [0.1, 0.15) is 12.6 Å². The summed E-state index contributed by atoms with van der Waals surface area (Å²) in [5.74, 6) is -0.990. The topological polar surface area (TPSA) is 78.5 Å². The second-order valence-electron chi connectivity index (χ2n) is 5.39. The van der Waals surface area contributed by atoms with Gasteiger partial charge in [0, 0.05) is 5.69 Å². The molecule has 0 aliphatic carbocycles. The molecule has 2 aromatic carbocycles. The first-order chi connectivity index (χ1) is 12.0. The number of rotatable bonds is 4. The molecule has 0 spiro atoms. The Kier molecular flexibility index (Phi) is 4.92. The number of nitrogens with zero attached hydrogens (tertiary/aromatic N) is 1. The Morgan fingerprint density at radius 3 is 2.48 bits per heavy atom. The molecule has 25 heavy (non-hydrogen) atoms. The van der Waals surface area contributed by atoms with Gasteiger partial charge in [-0.15, -0.1) is 0 Å². The van der Waals surface area contributed by atoms with Crippen LogP contribution in [-0.2, 0) is 9.59 Å². The largest absolute Gasteiger partial charge is 0.325 e. The Labute approximate surface area is 153 Å². The highest BCUT2D eigenvalue weighted by Crippen LogP contribution is 2.25. The molecular formula is C17H13Cl2N3O3. The molecule has 1 saturated heterocycles. The molecule has 0 bridgehead atoms. The van der Waals surface area contributed by atoms with Crippen molar-refractivity contribution in [2.75, 3.05) is 11.9 Å². The molecule has 2 N–H and O–H groups in total. The van der Waals surface area contributed by atoms with E-state index in [0.717, 1.165) is 4.90 Å². The van der Waals surface area contributed by atoms with E-state index in [0.29, 0.717) is 21.3 Å². The smallest absolute Gasteiger partial charge is 0.324 e. The van der Waals surface area contributed by atoms with Crippen LogP contribution in [0.25, 0.3) is 0 Å². The molecular weight excluding hydrogens is 365 g/mol. The van der Waals surface area contributed by atoms with Gasteiger partial charge in [-0.3, -0.25) is 14.5 Å². The number of carbonyl (C=O) groups is 3. The van der Waals surface area contributed by atoms with E-state index in [1.54, 1.807) is 36.4 Å². The molecule has 0 radical (unpaired) electrons. The van der Waals surface area contributed by atoms with Crippen molar-refractivity contribution in [3.63, 3.8) is 0 Å². The van der Waals surface area contributed by atoms with Gasteiger partial charge in [0.15, 0.2) is 0 Å². The van der Waals surface area contributed by atoms with Crippen molar-refractivity contribution in [3.8, 4) is 0 Å². The molecule has 1 fully saturated rings. The number of carbonyl (C=O) groups excluding carboxylic acids is 3. The maximum atomic E-state index is 12.4. The van der Waals surface area contributed by atoms with Crippen LogP contribution in [0.3, 0.4) is 0 Å². The van der Waals surface area contributed by atoms with E-state index in [-0.39, 0.29) is 0 Å². The predicted molar refractivity (Wildman–Crippen MR) is 94.5 cm³/mol. The van der Waals surface area contributed by atoms with Crippen molar-refractivity contribution in [1.29, 1.82) is 0 Å². The van der Waals surface area contributed by atoms with Gasteiger partial charge in [0.25, 0.3) is 5.91 Å². The van der Waals surface area contributed by atoms with Crippen LogP contribution in [0.5, 0.6) is 0 Å². The molecule has 1 aliphatic heterocycles. The highest BCUT2D eigenvalue weighted by Gasteiger charge is 2.39. The average molecular weight is 378 g/mol. The fourth-order valence-electron chi connectivity index (χ4n) is 2.46. The van der Waals surface area contributed by atoms with Crippen molar-refractivity contribution in [1.82, 2.24) is 10.2 Å². The standard InChI is InChI=1S/C17H13Cl2N3O3/c18-12-7-6-11(8-13(12)19)20-14(23)9-22-16(24)15(21-17(22)25)10-4-2-1-3-5-10/h1-8,15H,9H2,(H,20,23)(H,21,25). The number of imide groups is 1. The summed E-state index contributed by atoms with van der Waals surface area (Å²) in [5.41, 5.74) is 1.08. The molecule has 1 heterocycles. The summed E-state index contributed by atoms with van der Waals surface area (Å²) in [6.45, 7) is -0.395. The molecule has 0 aromatic heterocycles. The number of benzene rings is 2. The van der Waals surface area contributed by atoms with Crippen molar-refractivity contribution in [3.05, 3.63) is 64.1 Å². The number of nitrogens with one attached hydrogen (secondary N) is 2. The van der Waals surface area contributed by atoms with Crippen LogP contribution >= 0.6 is 23.2 Å². The highest BCUT2D eigenvalue weighted by molar-refractivity contribution is 6.42. The SMILES string of the molecule is O=C(CN1C(=O)NC(c2ccccc2)C1=O)Nc1ccc(Cl)c(Cl)c1. The van der Waals surface area contributed by atoms with Crippen LogP contribution in [0.2, 0.25) is 10.0 Å². The minimum absolute atomic E-state index is 0.290. The van der Waals surface area contributed by atoms with Gasteiger partial charge < -0.3 is 10.6 Å². The summed E-state index contributed by atoms with van der Waals surface area (Å²) in [5, 5.41) is 5.80. The van der Waals surface area contributed by atoms with Crippen LogP contribution in [0, 0.1) is 0 Å². The Morgan fingerprint density at radius 2 is 1.80 bits per heavy atom. The number of hydrogen-bond acceptors (Lipinski definition) is 3. The first-order valence-electron chi connectivity index (χ1n) is 7.37. The molecule has 1 aliphatic rings. The van der Waals surface area contributed by atoms with Gasteiger partial charge in [-0.05, 0) is 23.8 Å². The van der Waals surface area contributed by atoms with Crippen LogP contribution in [0.1, 0.15) is 11.6 Å². The van der Waals surface area contributed by atoms with Crippen LogP contribution in [-0.4, -0.2) is 29.3 Å². The second kappa shape index (κ2) is 7.13. The quantitative estimate of drug-likeness (QED) is 0.802. The second-order valence-corrected chi connectivity index (χ2v) is 6.21. The third kappa shape index (κ3) is 3.75. The number of hydrogen-bond donors (Lipinski definition) is 2. The Balaban J connectivity index is 1.67. The number of halogens is 2. The minimum Gasteiger partial charge on any atom is -0.324 e. The zero-order valence-corrected chi connectivity index (χ0v) is 14.3. The normalized spacial score (nSPS) is 16.7. The lowest BCUT2D eigenvalue weighted by Gasteiger charge is -2.13. The average Bonchev–Trinajstić information content (AvgIpc) is 2.87. The first-order valence-corrected chi connectivity index (χ1v) is 8.13. The summed E-state index contributed by atoms with van der Waals surface area (Å²) in [6, 6.07) is 12.0. The van der Waals surface area contributed by atoms with Crippen molar-refractivity contribution >= 4 is 46.7 Å². The van der Waals surface area contributed by atoms with E-state index in [1.807, 2.05) is 6.07 Å². The molecule has 3 rings (SSSR count). The first kappa shape index (κ1) is 17.3. The van der Waals surface area contributed by atoms with Crippen molar-refractivity contribution < 1.29 is 14.4 Å². The molecule has 2 aromatic rings. The van der Waals surface area contributed by atoms with Gasteiger partial charge in [-0.2, -0.15) is 0 Å². The summed E-state index contributed by atoms with van der Waals surface area (Å²) >= 11 is 11.7. The lowest BCUT2D eigenvalue weighted by molar-refractivity contribution is -0.130. The lowest BCUT2D eigenvalue weighted by atomic mass is 10.1. The third-order valence-corrected chi connectivity index (χ3v) is 4.40. The van der Waals surface area contributed by atoms with Crippen LogP contribution in [0.4, 0.5) is 10.5 Å². The predicted octanol–water partition coefficient (Wildman–Crippen LogP) is 3.23. The van der Waals surface area contributed by atoms with Gasteiger partial charge in [0.2, 0.25) is 5.91 Å². The highest BCUT2D eigenvalue weighted by atomic mass is 35.5. The maximum absolute atomic E-state index is 12.4. The summed E-state index contributed by atoms with van der Waals surface area (Å²) in [6.07, 6.45) is 0. The molecule has 1 atom stereocenters. The van der Waals surface area contributed by atoms with E-state index in [4.69, 9.17) is 23.2 Å². The fraction of sp³-hybridized carbons (Fsp3) is 0.118. The van der Waals surface area contributed by atoms with E-state index in [1.165, 1.54) is 6.07 Å². The molecule has 0 saturated carbocycles. The zero-order valence-electron chi connectivity index (χ0n) is 12.8. The van der Waals surface area contributed by atoms with E-state index in [9.17, 15) is 14.4 Å². The van der Waals surface area contributed by atoms with Gasteiger partial charge >= 0.3 is 6.03 Å². The van der Waals surface area contributed by atoms with Crippen molar-refractivity contribution in [2.24, 2.45) is 0 Å². The monoisotopic (exact) mass is 377 g/mol. The van der Waals surface area contributed by atoms with Gasteiger partial charge in [-0.1, -0.05) is 53.5 Å². The number of urea groups is 1.